The third-order valence-electron chi connectivity index (χ3n) is 6.73. The molecule has 3 N–H and O–H groups in total. The van der Waals surface area contributed by atoms with Crippen LogP contribution in [0.2, 0.25) is 0 Å². The minimum absolute atomic E-state index is 0.0301. The van der Waals surface area contributed by atoms with E-state index < -0.39 is 5.92 Å². The first-order valence-electron chi connectivity index (χ1n) is 13.0. The van der Waals surface area contributed by atoms with Gasteiger partial charge < -0.3 is 20.5 Å². The summed E-state index contributed by atoms with van der Waals surface area (Å²) in [6.45, 7) is 2.48. The largest absolute Gasteiger partial charge is 0.496 e. The molecule has 0 saturated heterocycles. The summed E-state index contributed by atoms with van der Waals surface area (Å²) < 4.78 is 11.6. The quantitative estimate of drug-likeness (QED) is 0.328. The van der Waals surface area contributed by atoms with E-state index in [4.69, 9.17) is 15.2 Å². The van der Waals surface area contributed by atoms with Crippen molar-refractivity contribution in [2.45, 2.75) is 36.4 Å². The van der Waals surface area contributed by atoms with E-state index in [1.54, 1.807) is 42.3 Å². The number of allylic oxidation sites excluding steroid dienone is 3. The lowest BCUT2D eigenvalue weighted by Crippen LogP contribution is -2.38. The van der Waals surface area contributed by atoms with Gasteiger partial charge in [-0.1, -0.05) is 41.3 Å². The summed E-state index contributed by atoms with van der Waals surface area (Å²) >= 11 is 2.49. The molecule has 41 heavy (non-hydrogen) atoms. The van der Waals surface area contributed by atoms with E-state index in [0.717, 1.165) is 11.4 Å². The molecule has 5 rings (SSSR count). The molecule has 210 valence electrons. The number of methoxy groups -OCH3 is 1. The molecule has 1 aliphatic heterocycles. The monoisotopic (exact) mass is 588 g/mol. The van der Waals surface area contributed by atoms with Gasteiger partial charge in [-0.3, -0.25) is 14.5 Å². The summed E-state index contributed by atoms with van der Waals surface area (Å²) in [5.41, 5.74) is 9.52. The summed E-state index contributed by atoms with van der Waals surface area (Å²) in [7, 11) is 1.56. The number of nitriles is 1. The Labute approximate surface area is 245 Å². The van der Waals surface area contributed by atoms with Gasteiger partial charge in [0.25, 0.3) is 0 Å². The van der Waals surface area contributed by atoms with E-state index in [0.29, 0.717) is 57.9 Å². The number of rotatable bonds is 9. The number of carbonyl (C=O) groups excluding carboxylic acids is 2. The predicted octanol–water partition coefficient (Wildman–Crippen LogP) is 4.98. The number of ether oxygens (including phenoxy) is 2. The zero-order chi connectivity index (χ0) is 28.9. The summed E-state index contributed by atoms with van der Waals surface area (Å²) in [6.07, 6.45) is 1.64. The molecule has 0 fully saturated rings. The van der Waals surface area contributed by atoms with Crippen molar-refractivity contribution in [2.24, 2.45) is 5.73 Å². The number of benzene rings is 2. The highest BCUT2D eigenvalue weighted by Crippen LogP contribution is 2.48. The molecule has 10 nitrogen and oxygen atoms in total. The van der Waals surface area contributed by atoms with Gasteiger partial charge in [-0.15, -0.1) is 10.2 Å². The van der Waals surface area contributed by atoms with Crippen LogP contribution in [0.4, 0.5) is 10.8 Å². The smallest absolute Gasteiger partial charge is 0.234 e. The van der Waals surface area contributed by atoms with Crippen molar-refractivity contribution in [2.75, 3.05) is 29.7 Å². The number of ketones is 1. The van der Waals surface area contributed by atoms with E-state index >= 15 is 0 Å². The minimum Gasteiger partial charge on any atom is -0.496 e. The third kappa shape index (κ3) is 5.77. The van der Waals surface area contributed by atoms with Gasteiger partial charge in [0, 0.05) is 28.9 Å². The van der Waals surface area contributed by atoms with Crippen LogP contribution in [0.15, 0.2) is 75.5 Å². The van der Waals surface area contributed by atoms with Crippen LogP contribution in [0, 0.1) is 11.3 Å². The van der Waals surface area contributed by atoms with Gasteiger partial charge in [-0.05, 0) is 50.1 Å². The Morgan fingerprint density at radius 1 is 1.22 bits per heavy atom. The van der Waals surface area contributed by atoms with Gasteiger partial charge in [0.05, 0.1) is 37.0 Å². The maximum atomic E-state index is 13.4. The van der Waals surface area contributed by atoms with Crippen LogP contribution in [0.1, 0.15) is 37.7 Å². The molecule has 3 aromatic rings. The van der Waals surface area contributed by atoms with Crippen LogP contribution < -0.4 is 25.4 Å². The molecule has 0 spiro atoms. The van der Waals surface area contributed by atoms with Crippen LogP contribution in [-0.4, -0.2) is 41.4 Å². The topological polar surface area (TPSA) is 143 Å². The molecular formula is C29H28N6O4S2. The molecule has 2 aromatic carbocycles. The Morgan fingerprint density at radius 3 is 2.73 bits per heavy atom. The third-order valence-corrected chi connectivity index (χ3v) is 8.77. The highest BCUT2D eigenvalue weighted by molar-refractivity contribution is 8.01. The first-order chi connectivity index (χ1) is 19.9. The summed E-state index contributed by atoms with van der Waals surface area (Å²) in [5.74, 6) is 0.786. The van der Waals surface area contributed by atoms with Crippen LogP contribution >= 0.6 is 23.1 Å². The van der Waals surface area contributed by atoms with Crippen molar-refractivity contribution >= 4 is 45.6 Å². The first kappa shape index (κ1) is 28.2. The number of nitrogens with zero attached hydrogens (tertiary/aromatic N) is 4. The fourth-order valence-corrected chi connectivity index (χ4v) is 6.68. The second kappa shape index (κ2) is 12.4. The van der Waals surface area contributed by atoms with Gasteiger partial charge in [-0.2, -0.15) is 5.26 Å². The molecule has 2 heterocycles. The molecule has 1 atom stereocenters. The molecule has 0 radical (unpaired) electrons. The molecule has 0 bridgehead atoms. The lowest BCUT2D eigenvalue weighted by molar-refractivity contribution is -0.116. The maximum absolute atomic E-state index is 13.4. The zero-order valence-corrected chi connectivity index (χ0v) is 24.2. The van der Waals surface area contributed by atoms with E-state index in [1.165, 1.54) is 23.1 Å². The number of para-hydroxylation sites is 1. The summed E-state index contributed by atoms with van der Waals surface area (Å²) in [6, 6.07) is 16.8. The number of hydrogen-bond acceptors (Lipinski definition) is 11. The standard InChI is InChI=1S/C29H28N6O4S2/c1-3-39-18-13-11-17(12-14-18)32-24(37)16-40-29-34-33-28(41-29)35-21-8-6-9-22(36)26(21)25(20(15-30)27(35)31)19-7-4-5-10-23(19)38-2/h4-5,7,10-14,25H,3,6,8-9,16,31H2,1-2H3,(H,32,37). The highest BCUT2D eigenvalue weighted by Gasteiger charge is 2.42. The molecule has 12 heteroatoms. The second-order valence-electron chi connectivity index (χ2n) is 9.20. The van der Waals surface area contributed by atoms with E-state index in [2.05, 4.69) is 21.6 Å². The number of carbonyl (C=O) groups is 2. The SMILES string of the molecule is CCOc1ccc(NC(=O)CSc2nnc(N3C(N)=C(C#N)C(c4ccccc4OC)C4=C3CCCC4=O)s2)cc1. The fraction of sp³-hybridized carbons (Fsp3) is 0.276. The average Bonchev–Trinajstić information content (AvgIpc) is 3.45. The van der Waals surface area contributed by atoms with E-state index in [-0.39, 0.29) is 28.8 Å². The maximum Gasteiger partial charge on any atom is 0.234 e. The van der Waals surface area contributed by atoms with Gasteiger partial charge in [0.2, 0.25) is 11.0 Å². The van der Waals surface area contributed by atoms with E-state index in [9.17, 15) is 14.9 Å². The highest BCUT2D eigenvalue weighted by atomic mass is 32.2. The fourth-order valence-electron chi connectivity index (χ4n) is 5.00. The molecule has 1 aliphatic carbocycles. The molecule has 2 aliphatic rings. The number of Topliss-reactive ketones (excluding diaryl/α,β-unsaturated/α-hetero) is 1. The number of nitrogens with one attached hydrogen (secondary N) is 1. The predicted molar refractivity (Wildman–Crippen MR) is 158 cm³/mol. The Balaban J connectivity index is 1.39. The van der Waals surface area contributed by atoms with Crippen molar-refractivity contribution in [1.29, 1.82) is 5.26 Å². The van der Waals surface area contributed by atoms with Crippen molar-refractivity contribution in [1.82, 2.24) is 10.2 Å². The molecule has 0 saturated carbocycles. The number of hydrogen-bond donors (Lipinski definition) is 2. The van der Waals surface area contributed by atoms with Gasteiger partial charge in [0.1, 0.15) is 17.3 Å². The zero-order valence-electron chi connectivity index (χ0n) is 22.5. The lowest BCUT2D eigenvalue weighted by Gasteiger charge is -2.38. The molecule has 1 amide bonds. The van der Waals surface area contributed by atoms with Crippen LogP contribution in [0.5, 0.6) is 11.5 Å². The molecular weight excluding hydrogens is 560 g/mol. The number of amides is 1. The number of anilines is 2. The average molecular weight is 589 g/mol. The van der Waals surface area contributed by atoms with Gasteiger partial charge in [-0.25, -0.2) is 0 Å². The summed E-state index contributed by atoms with van der Waals surface area (Å²) in [4.78, 5) is 27.6. The Kier molecular flexibility index (Phi) is 8.56. The normalized spacial score (nSPS) is 16.8. The molecule has 1 aromatic heterocycles. The Hall–Kier alpha value is -4.34. The number of aromatic nitrogens is 2. The van der Waals surface area contributed by atoms with Crippen LogP contribution in [0.3, 0.4) is 0 Å². The minimum atomic E-state index is -0.636. The second-order valence-corrected chi connectivity index (χ2v) is 11.4. The number of thioether (sulfide) groups is 1. The first-order valence-corrected chi connectivity index (χ1v) is 14.8. The van der Waals surface area contributed by atoms with Gasteiger partial charge in [0.15, 0.2) is 10.1 Å². The molecule has 1 unspecified atom stereocenters. The number of nitrogens with two attached hydrogens (primary N) is 1. The Morgan fingerprint density at radius 2 is 2.00 bits per heavy atom. The van der Waals surface area contributed by atoms with Crippen LogP contribution in [-0.2, 0) is 9.59 Å². The van der Waals surface area contributed by atoms with Gasteiger partial charge >= 0.3 is 0 Å². The summed E-state index contributed by atoms with van der Waals surface area (Å²) in [5, 5.41) is 22.1. The van der Waals surface area contributed by atoms with Crippen molar-refractivity contribution in [3.63, 3.8) is 0 Å². The Bertz CT molecular complexity index is 1570. The lowest BCUT2D eigenvalue weighted by atomic mass is 9.75. The van der Waals surface area contributed by atoms with Crippen LogP contribution in [0.25, 0.3) is 0 Å². The van der Waals surface area contributed by atoms with Crippen molar-refractivity contribution < 1.29 is 19.1 Å². The van der Waals surface area contributed by atoms with Crippen molar-refractivity contribution in [3.05, 3.63) is 76.8 Å². The van der Waals surface area contributed by atoms with Crippen molar-refractivity contribution in [3.8, 4) is 17.6 Å². The van der Waals surface area contributed by atoms with E-state index in [1.807, 2.05) is 25.1 Å².